The molecule has 0 amide bonds. The van der Waals surface area contributed by atoms with E-state index in [1.165, 1.54) is 19.8 Å². The maximum Gasteiger partial charge on any atom is 0.122 e. The van der Waals surface area contributed by atoms with Crippen molar-refractivity contribution in [1.29, 1.82) is 0 Å². The number of thiophene rings is 1. The summed E-state index contributed by atoms with van der Waals surface area (Å²) >= 11 is 5.37. The van der Waals surface area contributed by atoms with E-state index >= 15 is 0 Å². The van der Waals surface area contributed by atoms with Gasteiger partial charge in [0.15, 0.2) is 0 Å². The van der Waals surface area contributed by atoms with Crippen molar-refractivity contribution in [1.82, 2.24) is 5.32 Å². The molecule has 0 saturated heterocycles. The highest BCUT2D eigenvalue weighted by atomic mass is 79.9. The van der Waals surface area contributed by atoms with E-state index in [0.717, 1.165) is 38.2 Å². The van der Waals surface area contributed by atoms with Gasteiger partial charge in [-0.05, 0) is 58.2 Å². The number of rotatable bonds is 6. The van der Waals surface area contributed by atoms with Crippen LogP contribution in [0, 0.1) is 0 Å². The zero-order valence-corrected chi connectivity index (χ0v) is 14.6. The molecule has 0 bridgehead atoms. The van der Waals surface area contributed by atoms with Crippen molar-refractivity contribution in [2.45, 2.75) is 32.2 Å². The highest BCUT2D eigenvalue weighted by molar-refractivity contribution is 9.11. The van der Waals surface area contributed by atoms with Crippen molar-refractivity contribution in [2.24, 2.45) is 0 Å². The standard InChI is InChI=1S/C17H20BrNOS/c1-2-8-19-15(11-14-4-6-17(18)21-14)12-3-5-16-13(10-12)7-9-20-16/h3-6,10,15,19H,2,7-9,11H2,1H3. The Morgan fingerprint density at radius 2 is 2.24 bits per heavy atom. The van der Waals surface area contributed by atoms with E-state index in [4.69, 9.17) is 4.74 Å². The van der Waals surface area contributed by atoms with E-state index in [1.807, 2.05) is 11.3 Å². The smallest absolute Gasteiger partial charge is 0.122 e. The second-order valence-corrected chi connectivity index (χ2v) is 7.93. The Bertz CT molecular complexity index is 611. The minimum Gasteiger partial charge on any atom is -0.493 e. The average molecular weight is 366 g/mol. The summed E-state index contributed by atoms with van der Waals surface area (Å²) in [6.45, 7) is 4.08. The van der Waals surface area contributed by atoms with E-state index in [0.29, 0.717) is 6.04 Å². The van der Waals surface area contributed by atoms with Crippen LogP contribution in [0.3, 0.4) is 0 Å². The Hall–Kier alpha value is -0.840. The molecule has 2 aromatic rings. The number of hydrogen-bond acceptors (Lipinski definition) is 3. The molecule has 0 saturated carbocycles. The van der Waals surface area contributed by atoms with Crippen LogP contribution >= 0.6 is 27.3 Å². The maximum absolute atomic E-state index is 5.61. The largest absolute Gasteiger partial charge is 0.493 e. The van der Waals surface area contributed by atoms with Crippen LogP contribution in [0.25, 0.3) is 0 Å². The van der Waals surface area contributed by atoms with Crippen molar-refractivity contribution < 1.29 is 4.74 Å². The first kappa shape index (κ1) is 15.1. The molecule has 1 unspecified atom stereocenters. The molecule has 1 aliphatic rings. The maximum atomic E-state index is 5.61. The third-order valence-corrected chi connectivity index (χ3v) is 5.44. The Balaban J connectivity index is 1.80. The van der Waals surface area contributed by atoms with E-state index < -0.39 is 0 Å². The molecule has 1 aliphatic heterocycles. The first-order valence-electron chi connectivity index (χ1n) is 7.49. The van der Waals surface area contributed by atoms with Crippen LogP contribution in [0.15, 0.2) is 34.1 Å². The number of benzene rings is 1. The van der Waals surface area contributed by atoms with Crippen LogP contribution in [0.2, 0.25) is 0 Å². The molecule has 2 heterocycles. The second kappa shape index (κ2) is 6.95. The zero-order chi connectivity index (χ0) is 14.7. The highest BCUT2D eigenvalue weighted by Gasteiger charge is 2.17. The molecule has 4 heteroatoms. The molecule has 0 radical (unpaired) electrons. The van der Waals surface area contributed by atoms with Crippen LogP contribution in [0.4, 0.5) is 0 Å². The van der Waals surface area contributed by atoms with Gasteiger partial charge in [0.1, 0.15) is 5.75 Å². The van der Waals surface area contributed by atoms with E-state index in [-0.39, 0.29) is 0 Å². The normalized spacial score (nSPS) is 14.8. The molecule has 3 rings (SSSR count). The van der Waals surface area contributed by atoms with Crippen molar-refractivity contribution in [2.75, 3.05) is 13.2 Å². The Morgan fingerprint density at radius 3 is 3.00 bits per heavy atom. The quantitative estimate of drug-likeness (QED) is 0.798. The summed E-state index contributed by atoms with van der Waals surface area (Å²) in [7, 11) is 0. The first-order valence-corrected chi connectivity index (χ1v) is 9.10. The molecular formula is C17H20BrNOS. The SMILES string of the molecule is CCCNC(Cc1ccc(Br)s1)c1ccc2c(c1)CCO2. The summed E-state index contributed by atoms with van der Waals surface area (Å²) in [5.41, 5.74) is 2.72. The lowest BCUT2D eigenvalue weighted by atomic mass is 9.99. The van der Waals surface area contributed by atoms with Crippen molar-refractivity contribution in [3.63, 3.8) is 0 Å². The number of halogens is 1. The number of nitrogens with one attached hydrogen (secondary N) is 1. The van der Waals surface area contributed by atoms with E-state index in [1.54, 1.807) is 0 Å². The van der Waals surface area contributed by atoms with Crippen LogP contribution in [0.1, 0.15) is 35.4 Å². The van der Waals surface area contributed by atoms with Crippen LogP contribution in [-0.4, -0.2) is 13.2 Å². The van der Waals surface area contributed by atoms with Crippen molar-refractivity contribution in [3.8, 4) is 5.75 Å². The molecule has 2 nitrogen and oxygen atoms in total. The lowest BCUT2D eigenvalue weighted by Crippen LogP contribution is -2.23. The first-order chi connectivity index (χ1) is 10.3. The van der Waals surface area contributed by atoms with Crippen LogP contribution in [0.5, 0.6) is 5.75 Å². The van der Waals surface area contributed by atoms with Gasteiger partial charge in [-0.15, -0.1) is 11.3 Å². The van der Waals surface area contributed by atoms with Crippen molar-refractivity contribution in [3.05, 3.63) is 50.1 Å². The molecule has 1 atom stereocenters. The van der Waals surface area contributed by atoms with Gasteiger partial charge in [-0.2, -0.15) is 0 Å². The van der Waals surface area contributed by atoms with Gasteiger partial charge in [-0.1, -0.05) is 19.1 Å². The molecule has 0 fully saturated rings. The van der Waals surface area contributed by atoms with Gasteiger partial charge in [0.25, 0.3) is 0 Å². The summed E-state index contributed by atoms with van der Waals surface area (Å²) in [5, 5.41) is 3.69. The Kier molecular flexibility index (Phi) is 4.99. The number of ether oxygens (including phenoxy) is 1. The summed E-state index contributed by atoms with van der Waals surface area (Å²) in [6.07, 6.45) is 3.23. The number of hydrogen-bond donors (Lipinski definition) is 1. The fourth-order valence-corrected chi connectivity index (χ4v) is 4.24. The molecule has 21 heavy (non-hydrogen) atoms. The van der Waals surface area contributed by atoms with Crippen LogP contribution in [-0.2, 0) is 12.8 Å². The molecule has 0 aliphatic carbocycles. The lowest BCUT2D eigenvalue weighted by molar-refractivity contribution is 0.356. The summed E-state index contributed by atoms with van der Waals surface area (Å²) in [5.74, 6) is 1.06. The van der Waals surface area contributed by atoms with E-state index in [2.05, 4.69) is 58.5 Å². The van der Waals surface area contributed by atoms with Crippen molar-refractivity contribution >= 4 is 27.3 Å². The zero-order valence-electron chi connectivity index (χ0n) is 12.2. The van der Waals surface area contributed by atoms with E-state index in [9.17, 15) is 0 Å². The molecule has 1 N–H and O–H groups in total. The summed E-state index contributed by atoms with van der Waals surface area (Å²) in [6, 6.07) is 11.4. The van der Waals surface area contributed by atoms with Gasteiger partial charge >= 0.3 is 0 Å². The molecule has 112 valence electrons. The predicted molar refractivity (Wildman–Crippen MR) is 92.4 cm³/mol. The minimum atomic E-state index is 0.376. The Morgan fingerprint density at radius 1 is 1.33 bits per heavy atom. The highest BCUT2D eigenvalue weighted by Crippen LogP contribution is 2.31. The molecule has 1 aromatic carbocycles. The van der Waals surface area contributed by atoms with Gasteiger partial charge in [0.05, 0.1) is 10.4 Å². The summed E-state index contributed by atoms with van der Waals surface area (Å²) < 4.78 is 6.81. The number of fused-ring (bicyclic) bond motifs is 1. The minimum absolute atomic E-state index is 0.376. The molecule has 1 aromatic heterocycles. The third kappa shape index (κ3) is 3.68. The average Bonchev–Trinajstić information content (AvgIpc) is 3.11. The van der Waals surface area contributed by atoms with Gasteiger partial charge in [-0.25, -0.2) is 0 Å². The van der Waals surface area contributed by atoms with Gasteiger partial charge in [0.2, 0.25) is 0 Å². The molecule has 0 spiro atoms. The summed E-state index contributed by atoms with van der Waals surface area (Å²) in [4.78, 5) is 1.41. The monoisotopic (exact) mass is 365 g/mol. The predicted octanol–water partition coefficient (Wildman–Crippen LogP) is 4.73. The third-order valence-electron chi connectivity index (χ3n) is 3.79. The van der Waals surface area contributed by atoms with Gasteiger partial charge in [-0.3, -0.25) is 0 Å². The second-order valence-electron chi connectivity index (χ2n) is 5.38. The fourth-order valence-electron chi connectivity index (χ4n) is 2.71. The van der Waals surface area contributed by atoms with Gasteiger partial charge in [0, 0.05) is 23.8 Å². The Labute approximate surface area is 138 Å². The van der Waals surface area contributed by atoms with Crippen LogP contribution < -0.4 is 10.1 Å². The fraction of sp³-hybridized carbons (Fsp3) is 0.412. The topological polar surface area (TPSA) is 21.3 Å². The lowest BCUT2D eigenvalue weighted by Gasteiger charge is -2.19. The molecular weight excluding hydrogens is 346 g/mol. The van der Waals surface area contributed by atoms with Gasteiger partial charge < -0.3 is 10.1 Å².